The van der Waals surface area contributed by atoms with E-state index in [-0.39, 0.29) is 40.1 Å². The van der Waals surface area contributed by atoms with E-state index in [1.807, 2.05) is 6.92 Å². The lowest BCUT2D eigenvalue weighted by molar-refractivity contribution is -0.229. The van der Waals surface area contributed by atoms with Gasteiger partial charge in [0.2, 0.25) is 0 Å². The van der Waals surface area contributed by atoms with E-state index in [0.717, 1.165) is 44.9 Å². The van der Waals surface area contributed by atoms with Crippen molar-refractivity contribution < 1.29 is 25.2 Å². The molecule has 0 aliphatic heterocycles. The molecule has 0 aromatic rings. The van der Waals surface area contributed by atoms with Gasteiger partial charge in [-0.3, -0.25) is 4.79 Å². The molecular formula is C30H46O5. The van der Waals surface area contributed by atoms with Gasteiger partial charge in [0.15, 0.2) is 0 Å². The molecule has 6 aliphatic carbocycles. The molecular weight excluding hydrogens is 440 g/mol. The average Bonchev–Trinajstić information content (AvgIpc) is 3.50. The first-order chi connectivity index (χ1) is 16.2. The van der Waals surface area contributed by atoms with E-state index in [4.69, 9.17) is 0 Å². The zero-order chi connectivity index (χ0) is 25.4. The van der Waals surface area contributed by atoms with E-state index in [1.54, 1.807) is 5.57 Å². The van der Waals surface area contributed by atoms with Crippen molar-refractivity contribution in [2.75, 3.05) is 6.61 Å². The molecule has 3 unspecified atom stereocenters. The minimum atomic E-state index is -0.895. The molecule has 0 aromatic heterocycles. The van der Waals surface area contributed by atoms with Crippen molar-refractivity contribution in [3.8, 4) is 0 Å². The van der Waals surface area contributed by atoms with Gasteiger partial charge in [-0.15, -0.1) is 0 Å². The highest BCUT2D eigenvalue weighted by molar-refractivity contribution is 5.77. The summed E-state index contributed by atoms with van der Waals surface area (Å²) >= 11 is 0. The van der Waals surface area contributed by atoms with Gasteiger partial charge in [0, 0.05) is 5.41 Å². The van der Waals surface area contributed by atoms with Gasteiger partial charge in [0.1, 0.15) is 0 Å². The Balaban J connectivity index is 1.45. The summed E-state index contributed by atoms with van der Waals surface area (Å²) in [6, 6.07) is 0. The molecule has 0 bridgehead atoms. The highest BCUT2D eigenvalue weighted by Gasteiger charge is 2.77. The van der Waals surface area contributed by atoms with Gasteiger partial charge in [-0.1, -0.05) is 46.3 Å². The van der Waals surface area contributed by atoms with Gasteiger partial charge in [-0.25, -0.2) is 0 Å². The van der Waals surface area contributed by atoms with Crippen LogP contribution in [0.5, 0.6) is 0 Å². The van der Waals surface area contributed by atoms with Gasteiger partial charge in [-0.2, -0.15) is 0 Å². The first kappa shape index (κ1) is 24.4. The SMILES string of the molecule is CC1(C)CC[C@]2(C(=O)O)CC=C3[C@]4(C)CCC5[C@](C)(C[C@@H](O)[C@@H](O)[C@]5(C)CO)C4C[C@@H]4C[C@]34C2C1. The Morgan fingerprint density at radius 1 is 0.971 bits per heavy atom. The van der Waals surface area contributed by atoms with Crippen molar-refractivity contribution in [2.24, 2.45) is 56.2 Å². The van der Waals surface area contributed by atoms with Gasteiger partial charge in [0.25, 0.3) is 0 Å². The van der Waals surface area contributed by atoms with Crippen LogP contribution in [0.4, 0.5) is 0 Å². The second-order valence-electron chi connectivity index (χ2n) is 15.3. The zero-order valence-electron chi connectivity index (χ0n) is 22.3. The molecule has 0 saturated heterocycles. The maximum atomic E-state index is 12.8. The number of fused-ring (bicyclic) bond motifs is 5. The number of aliphatic hydroxyl groups is 3. The minimum Gasteiger partial charge on any atom is -0.481 e. The van der Waals surface area contributed by atoms with Crippen LogP contribution < -0.4 is 0 Å². The van der Waals surface area contributed by atoms with E-state index in [0.29, 0.717) is 24.7 Å². The van der Waals surface area contributed by atoms with Gasteiger partial charge in [0.05, 0.1) is 24.2 Å². The van der Waals surface area contributed by atoms with Crippen LogP contribution in [0.3, 0.4) is 0 Å². The molecule has 0 heterocycles. The number of aliphatic hydroxyl groups excluding tert-OH is 3. The summed E-state index contributed by atoms with van der Waals surface area (Å²) in [5, 5.41) is 42.9. The van der Waals surface area contributed by atoms with E-state index in [9.17, 15) is 25.2 Å². The first-order valence-corrected chi connectivity index (χ1v) is 14.1. The second kappa shape index (κ2) is 6.94. The highest BCUT2D eigenvalue weighted by Crippen LogP contribution is 2.83. The first-order valence-electron chi connectivity index (χ1n) is 14.1. The van der Waals surface area contributed by atoms with Crippen LogP contribution >= 0.6 is 0 Å². The number of allylic oxidation sites excluding steroid dienone is 2. The number of aliphatic carboxylic acids is 1. The summed E-state index contributed by atoms with van der Waals surface area (Å²) in [5.41, 5.74) is 0.293. The van der Waals surface area contributed by atoms with Crippen molar-refractivity contribution in [1.82, 2.24) is 0 Å². The lowest BCUT2D eigenvalue weighted by atomic mass is 9.36. The number of carbonyl (C=O) groups is 1. The predicted molar refractivity (Wildman–Crippen MR) is 133 cm³/mol. The normalized spacial score (nSPS) is 58.0. The standard InChI is InChI=1S/C30H46O5/c1-25(2)10-11-29(24(34)35)9-7-20-26(3)8-6-19-27(4,14-18(32)23(33)28(19,5)16-31)21(26)12-17-13-30(17,20)22(29)15-25/h7,17-19,21-23,31-33H,6,8-16H2,1-5H3,(H,34,35)/t17-,18-,19?,21?,22?,23-,26+,27+,28-,29-,30-/m1/s1. The fourth-order valence-corrected chi connectivity index (χ4v) is 11.5. The molecule has 4 N–H and O–H groups in total. The van der Waals surface area contributed by atoms with Crippen molar-refractivity contribution in [1.29, 1.82) is 0 Å². The summed E-state index contributed by atoms with van der Waals surface area (Å²) in [4.78, 5) is 12.8. The Kier molecular flexibility index (Phi) is 4.84. The smallest absolute Gasteiger partial charge is 0.310 e. The van der Waals surface area contributed by atoms with Crippen LogP contribution in [-0.2, 0) is 4.79 Å². The monoisotopic (exact) mass is 486 g/mol. The maximum Gasteiger partial charge on any atom is 0.310 e. The fourth-order valence-electron chi connectivity index (χ4n) is 11.5. The number of carboxylic acid groups (broad SMARTS) is 1. The summed E-state index contributed by atoms with van der Waals surface area (Å²) in [6.07, 6.45) is 8.84. The number of hydrogen-bond donors (Lipinski definition) is 4. The second-order valence-corrected chi connectivity index (χ2v) is 15.3. The molecule has 5 heteroatoms. The Morgan fingerprint density at radius 3 is 2.34 bits per heavy atom. The van der Waals surface area contributed by atoms with Crippen molar-refractivity contribution >= 4 is 5.97 Å². The van der Waals surface area contributed by atoms with Crippen LogP contribution in [0.2, 0.25) is 0 Å². The molecule has 5 saturated carbocycles. The third-order valence-corrected chi connectivity index (χ3v) is 13.3. The fraction of sp³-hybridized carbons (Fsp3) is 0.900. The van der Waals surface area contributed by atoms with Crippen molar-refractivity contribution in [3.63, 3.8) is 0 Å². The Morgan fingerprint density at radius 2 is 1.69 bits per heavy atom. The molecule has 35 heavy (non-hydrogen) atoms. The summed E-state index contributed by atoms with van der Waals surface area (Å²) in [5.74, 6) is 0.691. The number of hydrogen-bond acceptors (Lipinski definition) is 4. The number of rotatable bonds is 2. The van der Waals surface area contributed by atoms with Crippen LogP contribution in [0.15, 0.2) is 11.6 Å². The Hall–Kier alpha value is -0.910. The molecule has 5 fully saturated rings. The Labute approximate surface area is 210 Å². The van der Waals surface area contributed by atoms with Gasteiger partial charge >= 0.3 is 5.97 Å². The van der Waals surface area contributed by atoms with E-state index >= 15 is 0 Å². The third kappa shape index (κ3) is 2.74. The molecule has 1 spiro atoms. The van der Waals surface area contributed by atoms with E-state index < -0.39 is 29.0 Å². The molecule has 11 atom stereocenters. The van der Waals surface area contributed by atoms with E-state index in [1.165, 1.54) is 0 Å². The average molecular weight is 487 g/mol. The predicted octanol–water partition coefficient (Wildman–Crippen LogP) is 4.79. The van der Waals surface area contributed by atoms with Crippen molar-refractivity contribution in [3.05, 3.63) is 11.6 Å². The summed E-state index contributed by atoms with van der Waals surface area (Å²) in [6.45, 7) is 11.3. The van der Waals surface area contributed by atoms with Crippen LogP contribution in [0.25, 0.3) is 0 Å². The molecule has 6 rings (SSSR count). The van der Waals surface area contributed by atoms with Gasteiger partial charge < -0.3 is 20.4 Å². The van der Waals surface area contributed by atoms with Crippen LogP contribution in [0, 0.1) is 56.2 Å². The molecule has 6 aliphatic rings. The van der Waals surface area contributed by atoms with Gasteiger partial charge in [-0.05, 0) is 103 Å². The highest BCUT2D eigenvalue weighted by atomic mass is 16.4. The lowest BCUT2D eigenvalue weighted by Gasteiger charge is -2.68. The maximum absolute atomic E-state index is 12.8. The van der Waals surface area contributed by atoms with Crippen LogP contribution in [-0.4, -0.2) is 45.2 Å². The number of carboxylic acids is 1. The third-order valence-electron chi connectivity index (χ3n) is 13.3. The topological polar surface area (TPSA) is 98.0 Å². The van der Waals surface area contributed by atoms with E-state index in [2.05, 4.69) is 33.8 Å². The zero-order valence-corrected chi connectivity index (χ0v) is 22.3. The molecule has 196 valence electrons. The molecule has 0 amide bonds. The molecule has 0 radical (unpaired) electrons. The summed E-state index contributed by atoms with van der Waals surface area (Å²) in [7, 11) is 0. The molecule has 5 nitrogen and oxygen atoms in total. The quantitative estimate of drug-likeness (QED) is 0.421. The minimum absolute atomic E-state index is 0.0110. The lowest BCUT2D eigenvalue weighted by Crippen LogP contribution is -2.66. The largest absolute Gasteiger partial charge is 0.481 e. The Bertz CT molecular complexity index is 987. The van der Waals surface area contributed by atoms with Crippen LogP contribution in [0.1, 0.15) is 92.4 Å². The van der Waals surface area contributed by atoms with Crippen molar-refractivity contribution in [2.45, 2.75) is 105 Å². The summed E-state index contributed by atoms with van der Waals surface area (Å²) < 4.78 is 0. The molecule has 0 aromatic carbocycles.